The minimum absolute atomic E-state index is 0. The Labute approximate surface area is 313 Å². The molecule has 4 heteroatoms. The molecule has 0 aliphatic carbocycles. The highest BCUT2D eigenvalue weighted by Gasteiger charge is 2.27. The zero-order valence-electron chi connectivity index (χ0n) is 31.9. The van der Waals surface area contributed by atoms with Crippen molar-refractivity contribution in [2.75, 3.05) is 39.3 Å². The normalized spacial score (nSPS) is 11.4. The van der Waals surface area contributed by atoms with E-state index in [-0.39, 0.29) is 24.8 Å². The van der Waals surface area contributed by atoms with Crippen molar-refractivity contribution in [2.45, 2.75) is 155 Å². The third kappa shape index (κ3) is 23.2. The van der Waals surface area contributed by atoms with Crippen LogP contribution in [0.3, 0.4) is 0 Å². The van der Waals surface area contributed by atoms with Crippen molar-refractivity contribution in [2.24, 2.45) is 0 Å². The van der Waals surface area contributed by atoms with Gasteiger partial charge >= 0.3 is 0 Å². The van der Waals surface area contributed by atoms with E-state index in [9.17, 15) is 0 Å². The van der Waals surface area contributed by atoms with Crippen LogP contribution in [-0.4, -0.2) is 48.2 Å². The molecule has 0 saturated heterocycles. The summed E-state index contributed by atoms with van der Waals surface area (Å²) in [6.07, 6.45) is 36.1. The molecule has 1 rings (SSSR count). The highest BCUT2D eigenvalue weighted by Crippen LogP contribution is 2.22. The van der Waals surface area contributed by atoms with E-state index in [4.69, 9.17) is 0 Å². The summed E-state index contributed by atoms with van der Waals surface area (Å²) in [5, 5.41) is 0. The second-order valence-corrected chi connectivity index (χ2v) is 14.5. The van der Waals surface area contributed by atoms with Gasteiger partial charge in [-0.25, -0.2) is 0 Å². The summed E-state index contributed by atoms with van der Waals surface area (Å²) in [4.78, 5) is 0. The lowest BCUT2D eigenvalue weighted by Gasteiger charge is -2.38. The Kier molecular flexibility index (Phi) is 33.4. The van der Waals surface area contributed by atoms with Crippen LogP contribution < -0.4 is 24.8 Å². The Bertz CT molecular complexity index is 801. The molecule has 0 unspecified atom stereocenters. The quantitative estimate of drug-likeness (QED) is 0.0416. The minimum atomic E-state index is 0. The standard InChI is InChI=1S/C44H78N2.2ClH/c1-7-13-15-17-19-21-23-25-27-29-39-45(35-9-3,36-10-4)41-43-31-33-44(34-32-43)42-46(37-11-5,38-12-6)40-30-28-26-24-22-20-18-16-14-8-2;;/h9-12,31-34H,3-8,13-30,35-42H2,1-2H3;2*1H/q+2;;/p-2. The van der Waals surface area contributed by atoms with Crippen LogP contribution in [0.25, 0.3) is 0 Å². The van der Waals surface area contributed by atoms with Gasteiger partial charge in [0.1, 0.15) is 13.1 Å². The molecule has 0 atom stereocenters. The first-order valence-electron chi connectivity index (χ1n) is 19.7. The zero-order valence-corrected chi connectivity index (χ0v) is 33.4. The first-order valence-corrected chi connectivity index (χ1v) is 19.7. The van der Waals surface area contributed by atoms with Crippen LogP contribution >= 0.6 is 0 Å². The molecule has 0 aliphatic heterocycles. The molecule has 0 fully saturated rings. The van der Waals surface area contributed by atoms with Crippen LogP contribution in [0.4, 0.5) is 0 Å². The van der Waals surface area contributed by atoms with Gasteiger partial charge in [-0.1, -0.05) is 167 Å². The topological polar surface area (TPSA) is 0 Å². The Hall–Kier alpha value is -1.32. The molecule has 0 aliphatic rings. The van der Waals surface area contributed by atoms with Gasteiger partial charge in [-0.2, -0.15) is 0 Å². The average Bonchev–Trinajstić information content (AvgIpc) is 3.04. The van der Waals surface area contributed by atoms with E-state index in [1.54, 1.807) is 0 Å². The highest BCUT2D eigenvalue weighted by molar-refractivity contribution is 5.21. The zero-order chi connectivity index (χ0) is 33.6. The average molecular weight is 706 g/mol. The summed E-state index contributed by atoms with van der Waals surface area (Å²) in [5.74, 6) is 0. The predicted octanol–water partition coefficient (Wildman–Crippen LogP) is 6.91. The molecule has 1 aromatic rings. The Morgan fingerprint density at radius 2 is 0.625 bits per heavy atom. The molecule has 0 N–H and O–H groups in total. The molecule has 1 aromatic carbocycles. The van der Waals surface area contributed by atoms with Crippen molar-refractivity contribution < 1.29 is 33.8 Å². The Morgan fingerprint density at radius 3 is 0.854 bits per heavy atom. The smallest absolute Gasteiger partial charge is 0.105 e. The molecule has 0 spiro atoms. The number of quaternary nitrogens is 2. The fourth-order valence-corrected chi connectivity index (χ4v) is 7.42. The monoisotopic (exact) mass is 705 g/mol. The van der Waals surface area contributed by atoms with Gasteiger partial charge in [-0.15, -0.1) is 0 Å². The van der Waals surface area contributed by atoms with E-state index in [2.05, 4.69) is 88.7 Å². The molecule has 0 amide bonds. The number of halogens is 2. The maximum Gasteiger partial charge on any atom is 0.105 e. The molecule has 0 saturated carbocycles. The van der Waals surface area contributed by atoms with Gasteiger partial charge in [-0.05, 0) is 50.0 Å². The summed E-state index contributed by atoms with van der Waals surface area (Å²) in [7, 11) is 0. The van der Waals surface area contributed by atoms with Crippen LogP contribution in [0, 0.1) is 0 Å². The molecule has 0 bridgehead atoms. The maximum atomic E-state index is 4.15. The second-order valence-electron chi connectivity index (χ2n) is 14.5. The number of hydrogen-bond donors (Lipinski definition) is 0. The van der Waals surface area contributed by atoms with Crippen molar-refractivity contribution in [3.63, 3.8) is 0 Å². The summed E-state index contributed by atoms with van der Waals surface area (Å²) in [6, 6.07) is 9.57. The van der Waals surface area contributed by atoms with Gasteiger partial charge in [0.05, 0.1) is 39.3 Å². The predicted molar refractivity (Wildman–Crippen MR) is 208 cm³/mol. The molecular weight excluding hydrogens is 627 g/mol. The lowest BCUT2D eigenvalue weighted by atomic mass is 10.0. The lowest BCUT2D eigenvalue weighted by Crippen LogP contribution is -3.00. The summed E-state index contributed by atoms with van der Waals surface area (Å²) < 4.78 is 2.07. The van der Waals surface area contributed by atoms with Crippen LogP contribution in [0.2, 0.25) is 0 Å². The third-order valence-corrected chi connectivity index (χ3v) is 10.1. The second kappa shape index (κ2) is 32.9. The summed E-state index contributed by atoms with van der Waals surface area (Å²) in [6.45, 7) is 29.7. The Morgan fingerprint density at radius 1 is 0.396 bits per heavy atom. The molecule has 2 nitrogen and oxygen atoms in total. The fraction of sp³-hybridized carbons (Fsp3) is 0.682. The van der Waals surface area contributed by atoms with Crippen molar-refractivity contribution in [1.29, 1.82) is 0 Å². The number of unbranched alkanes of at least 4 members (excludes halogenated alkanes) is 18. The van der Waals surface area contributed by atoms with E-state index in [1.807, 2.05) is 0 Å². The van der Waals surface area contributed by atoms with Gasteiger partial charge in [-0.3, -0.25) is 0 Å². The number of hydrogen-bond acceptors (Lipinski definition) is 0. The molecule has 48 heavy (non-hydrogen) atoms. The molecule has 0 heterocycles. The first kappa shape index (κ1) is 48.8. The van der Waals surface area contributed by atoms with Gasteiger partial charge in [0, 0.05) is 11.1 Å². The lowest BCUT2D eigenvalue weighted by molar-refractivity contribution is -0.930. The van der Waals surface area contributed by atoms with Crippen molar-refractivity contribution in [3.05, 3.63) is 86.0 Å². The number of rotatable bonds is 34. The minimum Gasteiger partial charge on any atom is -1.00 e. The first-order chi connectivity index (χ1) is 22.5. The van der Waals surface area contributed by atoms with Gasteiger partial charge in [0.15, 0.2) is 0 Å². The van der Waals surface area contributed by atoms with Gasteiger partial charge in [0.25, 0.3) is 0 Å². The van der Waals surface area contributed by atoms with E-state index < -0.39 is 0 Å². The number of benzene rings is 1. The van der Waals surface area contributed by atoms with Crippen molar-refractivity contribution >= 4 is 0 Å². The third-order valence-electron chi connectivity index (χ3n) is 10.1. The Balaban J connectivity index is 0. The molecular formula is C44H78Cl2N2. The van der Waals surface area contributed by atoms with Gasteiger partial charge in [0.2, 0.25) is 0 Å². The largest absolute Gasteiger partial charge is 1.00 e. The molecule has 0 aromatic heterocycles. The molecule has 0 radical (unpaired) electrons. The van der Waals surface area contributed by atoms with Crippen molar-refractivity contribution in [1.82, 2.24) is 0 Å². The molecule has 278 valence electrons. The van der Waals surface area contributed by atoms with Crippen LogP contribution in [-0.2, 0) is 13.1 Å². The summed E-state index contributed by atoms with van der Waals surface area (Å²) >= 11 is 0. The fourth-order valence-electron chi connectivity index (χ4n) is 7.42. The van der Waals surface area contributed by atoms with Crippen LogP contribution in [0.15, 0.2) is 74.9 Å². The van der Waals surface area contributed by atoms with Crippen molar-refractivity contribution in [3.8, 4) is 0 Å². The number of nitrogens with zero attached hydrogens (tertiary/aromatic N) is 2. The SMILES string of the molecule is C=CC[N+](CC=C)(CCCCCCCCCCCC)Cc1ccc(C[N+](CC=C)(CC=C)CCCCCCCCCCCC)cc1.[Cl-].[Cl-]. The van der Waals surface area contributed by atoms with Crippen LogP contribution in [0.1, 0.15) is 153 Å². The van der Waals surface area contributed by atoms with Crippen LogP contribution in [0.5, 0.6) is 0 Å². The van der Waals surface area contributed by atoms with E-state index in [0.717, 1.165) is 48.2 Å². The highest BCUT2D eigenvalue weighted by atomic mass is 35.5. The van der Waals surface area contributed by atoms with E-state index >= 15 is 0 Å². The van der Waals surface area contributed by atoms with Gasteiger partial charge < -0.3 is 33.8 Å². The maximum absolute atomic E-state index is 4.15. The van der Waals surface area contributed by atoms with E-state index in [0.29, 0.717) is 0 Å². The summed E-state index contributed by atoms with van der Waals surface area (Å²) in [5.41, 5.74) is 2.86. The van der Waals surface area contributed by atoms with E-state index in [1.165, 1.54) is 153 Å².